The quantitative estimate of drug-likeness (QED) is 0.705. The molecule has 7 heteroatoms. The second-order valence-electron chi connectivity index (χ2n) is 3.50. The van der Waals surface area contributed by atoms with Crippen LogP contribution in [0.4, 0.5) is 5.82 Å². The van der Waals surface area contributed by atoms with Gasteiger partial charge in [0.1, 0.15) is 12.1 Å². The van der Waals surface area contributed by atoms with Crippen molar-refractivity contribution in [3.63, 3.8) is 0 Å². The number of carbonyl (C=O) groups excluding carboxylic acids is 1. The van der Waals surface area contributed by atoms with Crippen molar-refractivity contribution < 1.29 is 14.3 Å². The molecular weight excluding hydrogens is 302 g/mol. The van der Waals surface area contributed by atoms with Crippen LogP contribution >= 0.6 is 15.9 Å². The van der Waals surface area contributed by atoms with Crippen LogP contribution < -0.4 is 4.90 Å². The normalized spacial score (nSPS) is 10.2. The molecule has 18 heavy (non-hydrogen) atoms. The molecule has 0 aliphatic carbocycles. The van der Waals surface area contributed by atoms with Crippen LogP contribution in [0, 0.1) is 0 Å². The SMILES string of the molecule is COCCN(CCC(=O)OC)c1ncncc1Br. The number of ether oxygens (including phenoxy) is 2. The minimum atomic E-state index is -0.248. The lowest BCUT2D eigenvalue weighted by Crippen LogP contribution is -2.31. The summed E-state index contributed by atoms with van der Waals surface area (Å²) in [6.07, 6.45) is 3.44. The molecule has 0 aliphatic heterocycles. The van der Waals surface area contributed by atoms with E-state index in [0.29, 0.717) is 26.1 Å². The van der Waals surface area contributed by atoms with E-state index in [-0.39, 0.29) is 5.97 Å². The maximum absolute atomic E-state index is 11.2. The number of aromatic nitrogens is 2. The Morgan fingerprint density at radius 3 is 2.83 bits per heavy atom. The summed E-state index contributed by atoms with van der Waals surface area (Å²) < 4.78 is 10.5. The fraction of sp³-hybridized carbons (Fsp3) is 0.545. The topological polar surface area (TPSA) is 64.5 Å². The molecule has 6 nitrogen and oxygen atoms in total. The van der Waals surface area contributed by atoms with E-state index in [2.05, 4.69) is 30.6 Å². The molecule has 0 unspecified atom stereocenters. The van der Waals surface area contributed by atoms with Gasteiger partial charge in [0.05, 0.1) is 24.6 Å². The van der Waals surface area contributed by atoms with Crippen LogP contribution in [0.3, 0.4) is 0 Å². The van der Waals surface area contributed by atoms with Crippen molar-refractivity contribution in [2.24, 2.45) is 0 Å². The molecule has 0 radical (unpaired) electrons. The first-order valence-corrected chi connectivity index (χ1v) is 6.24. The summed E-state index contributed by atoms with van der Waals surface area (Å²) in [5.41, 5.74) is 0. The van der Waals surface area contributed by atoms with E-state index in [9.17, 15) is 4.79 Å². The molecule has 0 aliphatic rings. The van der Waals surface area contributed by atoms with E-state index in [1.54, 1.807) is 13.3 Å². The lowest BCUT2D eigenvalue weighted by atomic mass is 10.3. The molecule has 0 saturated carbocycles. The Labute approximate surface area is 114 Å². The molecule has 1 aromatic heterocycles. The van der Waals surface area contributed by atoms with Gasteiger partial charge in [-0.3, -0.25) is 4.79 Å². The molecule has 1 rings (SSSR count). The Hall–Kier alpha value is -1.21. The Morgan fingerprint density at radius 1 is 1.44 bits per heavy atom. The number of esters is 1. The van der Waals surface area contributed by atoms with Crippen LogP contribution in [0.1, 0.15) is 6.42 Å². The van der Waals surface area contributed by atoms with Gasteiger partial charge in [0, 0.05) is 26.4 Å². The van der Waals surface area contributed by atoms with Crippen molar-refractivity contribution in [1.29, 1.82) is 0 Å². The summed E-state index contributed by atoms with van der Waals surface area (Å²) in [6, 6.07) is 0. The van der Waals surface area contributed by atoms with Gasteiger partial charge in [-0.2, -0.15) is 0 Å². The molecule has 0 bridgehead atoms. The number of carbonyl (C=O) groups is 1. The zero-order valence-electron chi connectivity index (χ0n) is 10.4. The van der Waals surface area contributed by atoms with E-state index >= 15 is 0 Å². The Morgan fingerprint density at radius 2 is 2.22 bits per heavy atom. The molecule has 0 fully saturated rings. The lowest BCUT2D eigenvalue weighted by Gasteiger charge is -2.23. The third-order valence-electron chi connectivity index (χ3n) is 2.33. The molecule has 0 aromatic carbocycles. The third-order valence-corrected chi connectivity index (χ3v) is 2.89. The van der Waals surface area contributed by atoms with E-state index < -0.39 is 0 Å². The van der Waals surface area contributed by atoms with Gasteiger partial charge in [-0.05, 0) is 15.9 Å². The Balaban J connectivity index is 2.71. The van der Waals surface area contributed by atoms with E-state index in [1.165, 1.54) is 13.4 Å². The van der Waals surface area contributed by atoms with Crippen LogP contribution in [0.2, 0.25) is 0 Å². The summed E-state index contributed by atoms with van der Waals surface area (Å²) in [7, 11) is 3.01. The van der Waals surface area contributed by atoms with Crippen molar-refractivity contribution >= 4 is 27.7 Å². The molecule has 0 atom stereocenters. The second-order valence-corrected chi connectivity index (χ2v) is 4.35. The minimum absolute atomic E-state index is 0.248. The number of halogens is 1. The number of methoxy groups -OCH3 is 2. The smallest absolute Gasteiger partial charge is 0.307 e. The van der Waals surface area contributed by atoms with Gasteiger partial charge in [0.15, 0.2) is 0 Å². The molecule has 0 saturated heterocycles. The van der Waals surface area contributed by atoms with Gasteiger partial charge in [0.25, 0.3) is 0 Å². The van der Waals surface area contributed by atoms with Crippen molar-refractivity contribution in [1.82, 2.24) is 9.97 Å². The summed E-state index contributed by atoms with van der Waals surface area (Å²) in [6.45, 7) is 1.71. The largest absolute Gasteiger partial charge is 0.469 e. The number of hydrogen-bond donors (Lipinski definition) is 0. The third kappa shape index (κ3) is 4.58. The predicted octanol–water partition coefficient (Wildman–Crippen LogP) is 1.25. The maximum Gasteiger partial charge on any atom is 0.307 e. The predicted molar refractivity (Wildman–Crippen MR) is 70.5 cm³/mol. The van der Waals surface area contributed by atoms with E-state index in [0.717, 1.165) is 10.3 Å². The Kier molecular flexibility index (Phi) is 6.59. The zero-order chi connectivity index (χ0) is 13.4. The first kappa shape index (κ1) is 14.8. The minimum Gasteiger partial charge on any atom is -0.469 e. The average molecular weight is 318 g/mol. The second kappa shape index (κ2) is 7.99. The summed E-state index contributed by atoms with van der Waals surface area (Å²) in [5, 5.41) is 0. The summed E-state index contributed by atoms with van der Waals surface area (Å²) >= 11 is 3.39. The van der Waals surface area contributed by atoms with Crippen molar-refractivity contribution in [2.45, 2.75) is 6.42 Å². The summed E-state index contributed by atoms with van der Waals surface area (Å²) in [5.74, 6) is 0.494. The van der Waals surface area contributed by atoms with Crippen LogP contribution in [0.25, 0.3) is 0 Å². The number of rotatable bonds is 7. The molecule has 1 aromatic rings. The van der Waals surface area contributed by atoms with Crippen LogP contribution in [0.5, 0.6) is 0 Å². The first-order valence-electron chi connectivity index (χ1n) is 5.45. The van der Waals surface area contributed by atoms with Crippen molar-refractivity contribution in [3.8, 4) is 0 Å². The van der Waals surface area contributed by atoms with Gasteiger partial charge in [-0.1, -0.05) is 0 Å². The number of anilines is 1. The first-order chi connectivity index (χ1) is 8.69. The molecule has 100 valence electrons. The highest BCUT2D eigenvalue weighted by molar-refractivity contribution is 9.10. The molecule has 0 N–H and O–H groups in total. The van der Waals surface area contributed by atoms with Crippen LogP contribution in [-0.4, -0.2) is 49.9 Å². The highest BCUT2D eigenvalue weighted by atomic mass is 79.9. The maximum atomic E-state index is 11.2. The van der Waals surface area contributed by atoms with Crippen molar-refractivity contribution in [3.05, 3.63) is 17.0 Å². The van der Waals surface area contributed by atoms with E-state index in [4.69, 9.17) is 4.74 Å². The van der Waals surface area contributed by atoms with Gasteiger partial charge in [0.2, 0.25) is 0 Å². The molecule has 0 spiro atoms. The van der Waals surface area contributed by atoms with E-state index in [1.807, 2.05) is 4.90 Å². The molecule has 1 heterocycles. The molecule has 0 amide bonds. The zero-order valence-corrected chi connectivity index (χ0v) is 12.0. The van der Waals surface area contributed by atoms with Gasteiger partial charge >= 0.3 is 5.97 Å². The highest BCUT2D eigenvalue weighted by Gasteiger charge is 2.13. The van der Waals surface area contributed by atoms with Gasteiger partial charge in [-0.25, -0.2) is 9.97 Å². The number of hydrogen-bond acceptors (Lipinski definition) is 6. The van der Waals surface area contributed by atoms with Crippen LogP contribution in [-0.2, 0) is 14.3 Å². The monoisotopic (exact) mass is 317 g/mol. The lowest BCUT2D eigenvalue weighted by molar-refractivity contribution is -0.140. The van der Waals surface area contributed by atoms with Crippen LogP contribution in [0.15, 0.2) is 17.0 Å². The average Bonchev–Trinajstić information content (AvgIpc) is 2.39. The summed E-state index contributed by atoms with van der Waals surface area (Å²) in [4.78, 5) is 21.2. The number of nitrogens with zero attached hydrogens (tertiary/aromatic N) is 3. The fourth-order valence-corrected chi connectivity index (χ4v) is 1.86. The van der Waals surface area contributed by atoms with Crippen molar-refractivity contribution in [2.75, 3.05) is 38.8 Å². The standard InChI is InChI=1S/C11H16BrN3O3/c1-17-6-5-15(4-3-10(16)18-2)11-9(12)7-13-8-14-11/h7-8H,3-6H2,1-2H3. The fourth-order valence-electron chi connectivity index (χ4n) is 1.39. The van der Waals surface area contributed by atoms with Gasteiger partial charge < -0.3 is 14.4 Å². The Bertz CT molecular complexity index is 390. The highest BCUT2D eigenvalue weighted by Crippen LogP contribution is 2.21. The van der Waals surface area contributed by atoms with Gasteiger partial charge in [-0.15, -0.1) is 0 Å². The molecular formula is C11H16BrN3O3.